The fraction of sp³-hybridized carbons (Fsp3) is 0.167. The molecular formula is C30H28N4O2. The number of amides is 1. The van der Waals surface area contributed by atoms with E-state index in [2.05, 4.69) is 14.9 Å². The van der Waals surface area contributed by atoms with E-state index in [9.17, 15) is 4.79 Å². The molecule has 0 radical (unpaired) electrons. The van der Waals surface area contributed by atoms with E-state index in [-0.39, 0.29) is 5.91 Å². The summed E-state index contributed by atoms with van der Waals surface area (Å²) < 4.78 is 5.27. The van der Waals surface area contributed by atoms with Crippen LogP contribution in [0.25, 0.3) is 22.9 Å². The van der Waals surface area contributed by atoms with Crippen molar-refractivity contribution in [1.82, 2.24) is 14.9 Å². The Kier molecular flexibility index (Phi) is 7.03. The van der Waals surface area contributed by atoms with Gasteiger partial charge in [-0.05, 0) is 29.3 Å². The molecule has 1 saturated heterocycles. The molecule has 0 bridgehead atoms. The van der Waals surface area contributed by atoms with Crippen molar-refractivity contribution in [3.63, 3.8) is 0 Å². The number of hydrogen-bond donors (Lipinski definition) is 0. The van der Waals surface area contributed by atoms with E-state index in [0.717, 1.165) is 34.0 Å². The summed E-state index contributed by atoms with van der Waals surface area (Å²) in [7, 11) is 1.65. The number of piperazine rings is 1. The summed E-state index contributed by atoms with van der Waals surface area (Å²) in [6, 6.07) is 29.7. The first kappa shape index (κ1) is 23.3. The van der Waals surface area contributed by atoms with Gasteiger partial charge in [-0.25, -0.2) is 9.97 Å². The lowest BCUT2D eigenvalue weighted by Crippen LogP contribution is -2.49. The second-order valence-electron chi connectivity index (χ2n) is 8.60. The third kappa shape index (κ3) is 5.28. The maximum Gasteiger partial charge on any atom is 0.254 e. The lowest BCUT2D eigenvalue weighted by atomic mass is 10.0. The molecule has 180 valence electrons. The van der Waals surface area contributed by atoms with E-state index in [0.29, 0.717) is 31.8 Å². The number of hydrogen-bond acceptors (Lipinski definition) is 5. The van der Waals surface area contributed by atoms with Crippen LogP contribution >= 0.6 is 0 Å². The van der Waals surface area contributed by atoms with Gasteiger partial charge in [-0.1, -0.05) is 72.8 Å². The second-order valence-corrected chi connectivity index (χ2v) is 8.60. The van der Waals surface area contributed by atoms with Crippen molar-refractivity contribution >= 4 is 23.4 Å². The van der Waals surface area contributed by atoms with Crippen molar-refractivity contribution in [1.29, 1.82) is 0 Å². The number of methoxy groups -OCH3 is 1. The van der Waals surface area contributed by atoms with E-state index in [1.165, 1.54) is 0 Å². The molecule has 1 aliphatic heterocycles. The van der Waals surface area contributed by atoms with Gasteiger partial charge in [0.2, 0.25) is 0 Å². The predicted octanol–water partition coefficient (Wildman–Crippen LogP) is 5.04. The van der Waals surface area contributed by atoms with Gasteiger partial charge in [0.15, 0.2) is 0 Å². The minimum atomic E-state index is 0.0318. The van der Waals surface area contributed by atoms with Crippen molar-refractivity contribution in [2.45, 2.75) is 0 Å². The number of nitrogens with zero attached hydrogens (tertiary/aromatic N) is 4. The highest BCUT2D eigenvalue weighted by Gasteiger charge is 2.25. The van der Waals surface area contributed by atoms with E-state index in [1.54, 1.807) is 13.4 Å². The zero-order valence-electron chi connectivity index (χ0n) is 20.2. The van der Waals surface area contributed by atoms with Gasteiger partial charge < -0.3 is 14.5 Å². The van der Waals surface area contributed by atoms with Crippen LogP contribution in [0.5, 0.6) is 5.75 Å². The van der Waals surface area contributed by atoms with Crippen LogP contribution in [0.4, 0.5) is 5.82 Å². The van der Waals surface area contributed by atoms with Crippen LogP contribution < -0.4 is 9.64 Å². The molecule has 0 saturated carbocycles. The summed E-state index contributed by atoms with van der Waals surface area (Å²) in [6.45, 7) is 2.66. The normalized spacial score (nSPS) is 14.0. The zero-order valence-corrected chi connectivity index (χ0v) is 20.2. The van der Waals surface area contributed by atoms with Crippen LogP contribution in [0.3, 0.4) is 0 Å². The Labute approximate surface area is 211 Å². The molecule has 0 spiro atoms. The van der Waals surface area contributed by atoms with Crippen LogP contribution in [-0.4, -0.2) is 54.1 Å². The third-order valence-electron chi connectivity index (χ3n) is 6.36. The molecule has 0 atom stereocenters. The van der Waals surface area contributed by atoms with Crippen LogP contribution in [0.2, 0.25) is 0 Å². The topological polar surface area (TPSA) is 58.6 Å². The van der Waals surface area contributed by atoms with Crippen molar-refractivity contribution in [3.05, 3.63) is 108 Å². The summed E-state index contributed by atoms with van der Waals surface area (Å²) in [5.41, 5.74) is 4.50. The molecular weight excluding hydrogens is 448 g/mol. The summed E-state index contributed by atoms with van der Waals surface area (Å²) >= 11 is 0. The first-order valence-corrected chi connectivity index (χ1v) is 12.0. The van der Waals surface area contributed by atoms with E-state index >= 15 is 0 Å². The van der Waals surface area contributed by atoms with Gasteiger partial charge >= 0.3 is 0 Å². The Morgan fingerprint density at radius 1 is 0.833 bits per heavy atom. The van der Waals surface area contributed by atoms with Crippen molar-refractivity contribution in [2.75, 3.05) is 38.2 Å². The lowest BCUT2D eigenvalue weighted by Gasteiger charge is -2.36. The van der Waals surface area contributed by atoms with Crippen LogP contribution in [-0.2, 0) is 4.79 Å². The summed E-state index contributed by atoms with van der Waals surface area (Å²) in [5.74, 6) is 1.70. The number of carbonyl (C=O) groups is 1. The monoisotopic (exact) mass is 476 g/mol. The van der Waals surface area contributed by atoms with E-state index in [1.807, 2.05) is 102 Å². The molecule has 4 aromatic rings. The molecule has 0 unspecified atom stereocenters. The number of aromatic nitrogens is 2. The molecule has 1 fully saturated rings. The van der Waals surface area contributed by atoms with Crippen LogP contribution in [0, 0.1) is 0 Å². The standard InChI is InChI=1S/C30H28N4O2/c1-36-26-14-12-23(13-15-26)20-27(24-8-4-2-5-9-24)30(35)34-18-16-33(17-19-34)29-21-28(31-22-32-29)25-10-6-3-7-11-25/h2-15,20-22H,16-19H2,1H3/b27-20+. The molecule has 1 amide bonds. The molecule has 1 aromatic heterocycles. The second kappa shape index (κ2) is 10.9. The molecule has 2 heterocycles. The highest BCUT2D eigenvalue weighted by atomic mass is 16.5. The first-order chi connectivity index (χ1) is 17.7. The van der Waals surface area contributed by atoms with Crippen molar-refractivity contribution in [2.24, 2.45) is 0 Å². The fourth-order valence-corrected chi connectivity index (χ4v) is 4.35. The van der Waals surface area contributed by atoms with Crippen molar-refractivity contribution < 1.29 is 9.53 Å². The molecule has 6 heteroatoms. The molecule has 0 aliphatic carbocycles. The quantitative estimate of drug-likeness (QED) is 0.288. The maximum absolute atomic E-state index is 13.7. The predicted molar refractivity (Wildman–Crippen MR) is 144 cm³/mol. The maximum atomic E-state index is 13.7. The summed E-state index contributed by atoms with van der Waals surface area (Å²) in [6.07, 6.45) is 3.57. The minimum absolute atomic E-state index is 0.0318. The van der Waals surface area contributed by atoms with Gasteiger partial charge in [0.1, 0.15) is 17.9 Å². The SMILES string of the molecule is COc1ccc(/C=C(/C(=O)N2CCN(c3cc(-c4ccccc4)ncn3)CC2)c2ccccc2)cc1. The molecule has 0 N–H and O–H groups in total. The molecule has 1 aliphatic rings. The highest BCUT2D eigenvalue weighted by Crippen LogP contribution is 2.25. The lowest BCUT2D eigenvalue weighted by molar-refractivity contribution is -0.125. The van der Waals surface area contributed by atoms with Gasteiger partial charge in [-0.15, -0.1) is 0 Å². The molecule has 36 heavy (non-hydrogen) atoms. The van der Waals surface area contributed by atoms with Crippen molar-refractivity contribution in [3.8, 4) is 17.0 Å². The Morgan fingerprint density at radius 3 is 2.17 bits per heavy atom. The highest BCUT2D eigenvalue weighted by molar-refractivity contribution is 6.24. The first-order valence-electron chi connectivity index (χ1n) is 12.0. The number of ether oxygens (including phenoxy) is 1. The minimum Gasteiger partial charge on any atom is -0.497 e. The van der Waals surface area contributed by atoms with E-state index < -0.39 is 0 Å². The number of rotatable bonds is 6. The van der Waals surface area contributed by atoms with Gasteiger partial charge in [-0.3, -0.25) is 4.79 Å². The van der Waals surface area contributed by atoms with E-state index in [4.69, 9.17) is 4.74 Å². The smallest absolute Gasteiger partial charge is 0.254 e. The third-order valence-corrected chi connectivity index (χ3v) is 6.36. The van der Waals surface area contributed by atoms with Crippen LogP contribution in [0.15, 0.2) is 97.3 Å². The molecule has 6 nitrogen and oxygen atoms in total. The summed E-state index contributed by atoms with van der Waals surface area (Å²) in [5, 5.41) is 0. The Morgan fingerprint density at radius 2 is 1.50 bits per heavy atom. The number of carbonyl (C=O) groups excluding carboxylic acids is 1. The molecule has 3 aromatic carbocycles. The largest absolute Gasteiger partial charge is 0.497 e. The Balaban J connectivity index is 1.33. The Bertz CT molecular complexity index is 1330. The fourth-order valence-electron chi connectivity index (χ4n) is 4.35. The van der Waals surface area contributed by atoms with Gasteiger partial charge in [0.25, 0.3) is 5.91 Å². The number of benzene rings is 3. The van der Waals surface area contributed by atoms with Crippen LogP contribution in [0.1, 0.15) is 11.1 Å². The average Bonchev–Trinajstić information content (AvgIpc) is 2.97. The zero-order chi connectivity index (χ0) is 24.7. The summed E-state index contributed by atoms with van der Waals surface area (Å²) in [4.78, 5) is 26.8. The number of anilines is 1. The van der Waals surface area contributed by atoms with Gasteiger partial charge in [0, 0.05) is 43.4 Å². The van der Waals surface area contributed by atoms with Gasteiger partial charge in [0.05, 0.1) is 12.8 Å². The average molecular weight is 477 g/mol. The molecule has 5 rings (SSSR count). The van der Waals surface area contributed by atoms with Gasteiger partial charge in [-0.2, -0.15) is 0 Å². The Hall–Kier alpha value is -4.45.